The van der Waals surface area contributed by atoms with Crippen molar-refractivity contribution in [2.75, 3.05) is 19.7 Å². The second-order valence-corrected chi connectivity index (χ2v) is 7.56. The maximum absolute atomic E-state index is 12.7. The molecule has 2 atom stereocenters. The summed E-state index contributed by atoms with van der Waals surface area (Å²) < 4.78 is 26.9. The Morgan fingerprint density at radius 3 is 2.90 bits per heavy atom. The van der Waals surface area contributed by atoms with Crippen molar-refractivity contribution in [1.29, 1.82) is 0 Å². The lowest BCUT2D eigenvalue weighted by Gasteiger charge is -2.18. The topological polar surface area (TPSA) is 83.6 Å². The predicted octanol–water partition coefficient (Wildman–Crippen LogP) is 1.49. The molecule has 2 unspecified atom stereocenters. The first-order chi connectivity index (χ1) is 9.98. The fourth-order valence-electron chi connectivity index (χ4n) is 2.72. The smallest absolute Gasteiger partial charge is 0.243 e. The molecule has 1 aromatic carbocycles. The first-order valence-corrected chi connectivity index (χ1v) is 8.89. The summed E-state index contributed by atoms with van der Waals surface area (Å²) in [6, 6.07) is 6.79. The molecule has 1 aliphatic rings. The minimum atomic E-state index is -3.46. The van der Waals surface area contributed by atoms with Crippen LogP contribution in [0, 0.1) is 5.92 Å². The number of rotatable bonds is 6. The Morgan fingerprint density at radius 1 is 1.48 bits per heavy atom. The maximum atomic E-state index is 12.7. The van der Waals surface area contributed by atoms with Gasteiger partial charge in [-0.25, -0.2) is 8.42 Å². The van der Waals surface area contributed by atoms with E-state index >= 15 is 0 Å². The molecule has 0 spiro atoms. The Balaban J connectivity index is 2.20. The molecule has 5 nitrogen and oxygen atoms in total. The van der Waals surface area contributed by atoms with Gasteiger partial charge in [0.25, 0.3) is 0 Å². The molecule has 2 rings (SSSR count). The molecule has 0 aliphatic carbocycles. The van der Waals surface area contributed by atoms with E-state index in [1.807, 2.05) is 13.0 Å². The third-order valence-electron chi connectivity index (χ3n) is 4.15. The van der Waals surface area contributed by atoms with E-state index in [9.17, 15) is 8.42 Å². The van der Waals surface area contributed by atoms with Crippen LogP contribution < -0.4 is 5.73 Å². The van der Waals surface area contributed by atoms with Gasteiger partial charge in [-0.3, -0.25) is 0 Å². The van der Waals surface area contributed by atoms with Gasteiger partial charge in [-0.15, -0.1) is 0 Å². The summed E-state index contributed by atoms with van der Waals surface area (Å²) in [5.74, 6) is 0.255. The summed E-state index contributed by atoms with van der Waals surface area (Å²) in [7, 11) is -3.46. The van der Waals surface area contributed by atoms with Gasteiger partial charge in [0.2, 0.25) is 10.0 Å². The molecule has 1 fully saturated rings. The average molecular weight is 312 g/mol. The van der Waals surface area contributed by atoms with Crippen molar-refractivity contribution >= 4 is 10.0 Å². The molecule has 1 aliphatic heterocycles. The molecule has 118 valence electrons. The number of aliphatic hydroxyl groups excluding tert-OH is 1. The average Bonchev–Trinajstić information content (AvgIpc) is 2.96. The summed E-state index contributed by atoms with van der Waals surface area (Å²) in [4.78, 5) is 0.313. The summed E-state index contributed by atoms with van der Waals surface area (Å²) in [6.45, 7) is 3.11. The highest BCUT2D eigenvalue weighted by Crippen LogP contribution is 2.27. The lowest BCUT2D eigenvalue weighted by molar-refractivity contribution is 0.259. The van der Waals surface area contributed by atoms with Crippen LogP contribution in [-0.4, -0.2) is 37.5 Å². The largest absolute Gasteiger partial charge is 0.396 e. The highest BCUT2D eigenvalue weighted by molar-refractivity contribution is 7.89. The van der Waals surface area contributed by atoms with Crippen LogP contribution in [0.2, 0.25) is 0 Å². The van der Waals surface area contributed by atoms with Crippen LogP contribution in [0.5, 0.6) is 0 Å². The first-order valence-electron chi connectivity index (χ1n) is 7.45. The molecule has 6 heteroatoms. The third kappa shape index (κ3) is 3.63. The highest BCUT2D eigenvalue weighted by atomic mass is 32.2. The van der Waals surface area contributed by atoms with E-state index in [-0.39, 0.29) is 18.6 Å². The van der Waals surface area contributed by atoms with Crippen molar-refractivity contribution in [2.45, 2.75) is 37.1 Å². The summed E-state index contributed by atoms with van der Waals surface area (Å²) in [5.41, 5.74) is 6.84. The van der Waals surface area contributed by atoms with E-state index in [1.165, 1.54) is 4.31 Å². The van der Waals surface area contributed by atoms with Gasteiger partial charge >= 0.3 is 0 Å². The van der Waals surface area contributed by atoms with Gasteiger partial charge in [0.1, 0.15) is 0 Å². The quantitative estimate of drug-likeness (QED) is 0.833. The Kier molecular flexibility index (Phi) is 5.37. The van der Waals surface area contributed by atoms with Gasteiger partial charge in [0.05, 0.1) is 4.90 Å². The Morgan fingerprint density at radius 2 is 2.24 bits per heavy atom. The second kappa shape index (κ2) is 6.87. The van der Waals surface area contributed by atoms with Crippen molar-refractivity contribution in [3.63, 3.8) is 0 Å². The van der Waals surface area contributed by atoms with E-state index in [0.29, 0.717) is 24.4 Å². The van der Waals surface area contributed by atoms with Crippen LogP contribution >= 0.6 is 0 Å². The van der Waals surface area contributed by atoms with Crippen molar-refractivity contribution in [3.8, 4) is 0 Å². The number of benzene rings is 1. The number of sulfonamides is 1. The van der Waals surface area contributed by atoms with Crippen molar-refractivity contribution in [3.05, 3.63) is 29.8 Å². The van der Waals surface area contributed by atoms with E-state index in [2.05, 4.69) is 0 Å². The molecule has 0 radical (unpaired) electrons. The highest BCUT2D eigenvalue weighted by Gasteiger charge is 2.32. The molecule has 1 heterocycles. The van der Waals surface area contributed by atoms with Crippen molar-refractivity contribution in [1.82, 2.24) is 4.31 Å². The molecule has 0 saturated carbocycles. The number of nitrogens with two attached hydrogens (primary N) is 1. The third-order valence-corrected chi connectivity index (χ3v) is 6.01. The molecule has 3 N–H and O–H groups in total. The van der Waals surface area contributed by atoms with E-state index in [0.717, 1.165) is 18.4 Å². The van der Waals surface area contributed by atoms with E-state index in [1.54, 1.807) is 18.2 Å². The van der Waals surface area contributed by atoms with Gasteiger partial charge in [-0.1, -0.05) is 19.1 Å². The fourth-order valence-corrected chi connectivity index (χ4v) is 4.31. The Bertz CT molecular complexity index is 574. The van der Waals surface area contributed by atoms with Crippen molar-refractivity contribution < 1.29 is 13.5 Å². The van der Waals surface area contributed by atoms with E-state index < -0.39 is 10.0 Å². The lowest BCUT2D eigenvalue weighted by atomic mass is 10.1. The normalized spacial score (nSPS) is 21.6. The van der Waals surface area contributed by atoms with Gasteiger partial charge in [0, 0.05) is 25.7 Å². The molecule has 1 saturated heterocycles. The predicted molar refractivity (Wildman–Crippen MR) is 82.2 cm³/mol. The Labute approximate surface area is 126 Å². The first kappa shape index (κ1) is 16.4. The summed E-state index contributed by atoms with van der Waals surface area (Å²) in [5, 5.41) is 8.98. The van der Waals surface area contributed by atoms with E-state index in [4.69, 9.17) is 10.8 Å². The van der Waals surface area contributed by atoms with Gasteiger partial charge < -0.3 is 10.8 Å². The maximum Gasteiger partial charge on any atom is 0.243 e. The van der Waals surface area contributed by atoms with Gasteiger partial charge in [-0.05, 0) is 42.9 Å². The van der Waals surface area contributed by atoms with Crippen LogP contribution in [0.4, 0.5) is 0 Å². The lowest BCUT2D eigenvalue weighted by Crippen LogP contribution is -2.29. The molecule has 1 aromatic rings. The zero-order chi connectivity index (χ0) is 15.5. The fraction of sp³-hybridized carbons (Fsp3) is 0.600. The Hall–Kier alpha value is -0.950. The standard InChI is InChI=1S/C15H24N2O3S/c1-2-15(16)13-4-3-5-14(10-13)21(19,20)17-8-6-12(11-17)7-9-18/h3-5,10,12,15,18H,2,6-9,11,16H2,1H3. The number of hydrogen-bond donors (Lipinski definition) is 2. The zero-order valence-corrected chi connectivity index (χ0v) is 13.2. The minimum Gasteiger partial charge on any atom is -0.396 e. The number of hydrogen-bond acceptors (Lipinski definition) is 4. The van der Waals surface area contributed by atoms with Crippen LogP contribution in [0.15, 0.2) is 29.2 Å². The monoisotopic (exact) mass is 312 g/mol. The zero-order valence-electron chi connectivity index (χ0n) is 12.4. The summed E-state index contributed by atoms with van der Waals surface area (Å²) >= 11 is 0. The van der Waals surface area contributed by atoms with Gasteiger partial charge in [0.15, 0.2) is 0 Å². The van der Waals surface area contributed by atoms with Crippen LogP contribution in [-0.2, 0) is 10.0 Å². The van der Waals surface area contributed by atoms with Crippen LogP contribution in [0.3, 0.4) is 0 Å². The molecular formula is C15H24N2O3S. The van der Waals surface area contributed by atoms with Crippen LogP contribution in [0.1, 0.15) is 37.8 Å². The summed E-state index contributed by atoms with van der Waals surface area (Å²) in [6.07, 6.45) is 2.24. The molecule has 0 amide bonds. The SMILES string of the molecule is CCC(N)c1cccc(S(=O)(=O)N2CCC(CCO)C2)c1. The number of nitrogens with zero attached hydrogens (tertiary/aromatic N) is 1. The van der Waals surface area contributed by atoms with Gasteiger partial charge in [-0.2, -0.15) is 4.31 Å². The molecule has 0 aromatic heterocycles. The molecular weight excluding hydrogens is 288 g/mol. The van der Waals surface area contributed by atoms with Crippen LogP contribution in [0.25, 0.3) is 0 Å². The minimum absolute atomic E-state index is 0.111. The molecule has 0 bridgehead atoms. The number of aliphatic hydroxyl groups is 1. The second-order valence-electron chi connectivity index (χ2n) is 5.62. The van der Waals surface area contributed by atoms with Crippen molar-refractivity contribution in [2.24, 2.45) is 11.7 Å². The molecule has 21 heavy (non-hydrogen) atoms.